The van der Waals surface area contributed by atoms with Crippen molar-refractivity contribution in [2.45, 2.75) is 70.4 Å². The summed E-state index contributed by atoms with van der Waals surface area (Å²) in [6.45, 7) is 2.18. The molecular weight excluding hydrogens is 273 g/mol. The van der Waals surface area contributed by atoms with Crippen LogP contribution in [0.5, 0.6) is 0 Å². The molecule has 0 unspecified atom stereocenters. The summed E-state index contributed by atoms with van der Waals surface area (Å²) >= 11 is 0. The van der Waals surface area contributed by atoms with Crippen molar-refractivity contribution in [3.05, 3.63) is 35.4 Å². The molecule has 0 N–H and O–H groups in total. The van der Waals surface area contributed by atoms with E-state index in [1.54, 1.807) is 0 Å². The Morgan fingerprint density at radius 3 is 2.14 bits per heavy atom. The summed E-state index contributed by atoms with van der Waals surface area (Å²) in [5.41, 5.74) is 2.74. The molecule has 1 aliphatic carbocycles. The van der Waals surface area contributed by atoms with Crippen LogP contribution in [0.1, 0.15) is 68.9 Å². The van der Waals surface area contributed by atoms with Gasteiger partial charge in [-0.1, -0.05) is 37.6 Å². The number of benzene rings is 1. The fourth-order valence-corrected chi connectivity index (χ4v) is 3.40. The van der Waals surface area contributed by atoms with Gasteiger partial charge in [0, 0.05) is 6.42 Å². The first-order chi connectivity index (χ1) is 9.98. The number of aryl methyl sites for hydroxylation is 1. The molecule has 21 heavy (non-hydrogen) atoms. The van der Waals surface area contributed by atoms with Crippen LogP contribution in [0.15, 0.2) is 24.3 Å². The summed E-state index contributed by atoms with van der Waals surface area (Å²) in [6, 6.07) is 8.83. The van der Waals surface area contributed by atoms with Crippen LogP contribution in [-0.4, -0.2) is 6.18 Å². The lowest BCUT2D eigenvalue weighted by molar-refractivity contribution is -0.138. The van der Waals surface area contributed by atoms with E-state index in [9.17, 15) is 13.2 Å². The predicted molar refractivity (Wildman–Crippen MR) is 80.4 cm³/mol. The van der Waals surface area contributed by atoms with E-state index in [2.05, 4.69) is 31.2 Å². The van der Waals surface area contributed by atoms with Crippen LogP contribution in [0.2, 0.25) is 0 Å². The molecule has 0 bridgehead atoms. The number of hydrogen-bond donors (Lipinski definition) is 0. The average Bonchev–Trinajstić information content (AvgIpc) is 2.46. The SMILES string of the molecule is CCCc1ccc(C2CCC(CCC(F)(F)F)CC2)cc1. The highest BCUT2D eigenvalue weighted by Gasteiger charge is 2.30. The second-order valence-corrected chi connectivity index (χ2v) is 6.36. The third kappa shape index (κ3) is 5.37. The van der Waals surface area contributed by atoms with Gasteiger partial charge in [-0.15, -0.1) is 0 Å². The number of alkyl halides is 3. The molecule has 0 heterocycles. The Balaban J connectivity index is 1.80. The van der Waals surface area contributed by atoms with Gasteiger partial charge in [-0.25, -0.2) is 0 Å². The van der Waals surface area contributed by atoms with E-state index in [0.29, 0.717) is 12.3 Å². The van der Waals surface area contributed by atoms with Crippen LogP contribution in [-0.2, 0) is 6.42 Å². The molecule has 0 saturated heterocycles. The monoisotopic (exact) mass is 298 g/mol. The van der Waals surface area contributed by atoms with E-state index in [1.165, 1.54) is 11.1 Å². The highest BCUT2D eigenvalue weighted by molar-refractivity contribution is 5.25. The second-order valence-electron chi connectivity index (χ2n) is 6.36. The van der Waals surface area contributed by atoms with Gasteiger partial charge >= 0.3 is 6.18 Å². The summed E-state index contributed by atoms with van der Waals surface area (Å²) < 4.78 is 36.8. The molecule has 1 aliphatic rings. The Morgan fingerprint density at radius 1 is 1.00 bits per heavy atom. The minimum absolute atomic E-state index is 0.266. The standard InChI is InChI=1S/C18H25F3/c1-2-3-14-4-8-16(9-5-14)17-10-6-15(7-11-17)12-13-18(19,20)21/h4-5,8-9,15,17H,2-3,6-7,10-13H2,1H3. The average molecular weight is 298 g/mol. The highest BCUT2D eigenvalue weighted by Crippen LogP contribution is 2.39. The Hall–Kier alpha value is -0.990. The van der Waals surface area contributed by atoms with Gasteiger partial charge in [0.25, 0.3) is 0 Å². The number of hydrogen-bond acceptors (Lipinski definition) is 0. The van der Waals surface area contributed by atoms with Crippen LogP contribution >= 0.6 is 0 Å². The Bertz CT molecular complexity index is 411. The minimum Gasteiger partial charge on any atom is -0.171 e. The maximum Gasteiger partial charge on any atom is 0.389 e. The predicted octanol–water partition coefficient (Wildman–Crippen LogP) is 6.26. The van der Waals surface area contributed by atoms with E-state index in [4.69, 9.17) is 0 Å². The van der Waals surface area contributed by atoms with E-state index < -0.39 is 12.6 Å². The zero-order valence-electron chi connectivity index (χ0n) is 12.8. The van der Waals surface area contributed by atoms with Gasteiger partial charge in [0.15, 0.2) is 0 Å². The Morgan fingerprint density at radius 2 is 1.62 bits per heavy atom. The second kappa shape index (κ2) is 7.33. The van der Waals surface area contributed by atoms with Gasteiger partial charge in [0.1, 0.15) is 0 Å². The molecule has 0 aliphatic heterocycles. The minimum atomic E-state index is -3.99. The van der Waals surface area contributed by atoms with Crippen molar-refractivity contribution in [3.63, 3.8) is 0 Å². The van der Waals surface area contributed by atoms with E-state index in [-0.39, 0.29) is 5.92 Å². The molecule has 0 atom stereocenters. The zero-order chi connectivity index (χ0) is 15.3. The Labute approximate surface area is 125 Å². The smallest absolute Gasteiger partial charge is 0.171 e. The van der Waals surface area contributed by atoms with Crippen molar-refractivity contribution in [1.82, 2.24) is 0 Å². The van der Waals surface area contributed by atoms with E-state index >= 15 is 0 Å². The first-order valence-corrected chi connectivity index (χ1v) is 8.13. The molecule has 118 valence electrons. The van der Waals surface area contributed by atoms with Crippen LogP contribution in [0.3, 0.4) is 0 Å². The number of halogens is 3. The van der Waals surface area contributed by atoms with Gasteiger partial charge in [0.2, 0.25) is 0 Å². The quantitative estimate of drug-likeness (QED) is 0.602. The first kappa shape index (κ1) is 16.4. The molecule has 0 nitrogen and oxygen atoms in total. The molecule has 1 aromatic rings. The largest absolute Gasteiger partial charge is 0.389 e. The zero-order valence-corrected chi connectivity index (χ0v) is 12.8. The molecule has 2 rings (SSSR count). The van der Waals surface area contributed by atoms with Crippen LogP contribution in [0, 0.1) is 5.92 Å². The Kier molecular flexibility index (Phi) is 5.72. The lowest BCUT2D eigenvalue weighted by atomic mass is 9.77. The van der Waals surface area contributed by atoms with Crippen molar-refractivity contribution in [3.8, 4) is 0 Å². The maximum absolute atomic E-state index is 12.3. The molecule has 0 aromatic heterocycles. The third-order valence-corrected chi connectivity index (χ3v) is 4.67. The van der Waals surface area contributed by atoms with E-state index in [1.807, 2.05) is 0 Å². The van der Waals surface area contributed by atoms with Crippen LogP contribution in [0.25, 0.3) is 0 Å². The molecule has 0 radical (unpaired) electrons. The molecular formula is C18H25F3. The maximum atomic E-state index is 12.3. The van der Waals surface area contributed by atoms with Gasteiger partial charge in [-0.3, -0.25) is 0 Å². The summed E-state index contributed by atoms with van der Waals surface area (Å²) in [7, 11) is 0. The summed E-state index contributed by atoms with van der Waals surface area (Å²) in [5, 5.41) is 0. The van der Waals surface area contributed by atoms with Gasteiger partial charge < -0.3 is 0 Å². The van der Waals surface area contributed by atoms with Crippen molar-refractivity contribution in [2.75, 3.05) is 0 Å². The highest BCUT2D eigenvalue weighted by atomic mass is 19.4. The van der Waals surface area contributed by atoms with Gasteiger partial charge in [-0.2, -0.15) is 13.2 Å². The molecule has 3 heteroatoms. The lowest BCUT2D eigenvalue weighted by Crippen LogP contribution is -2.16. The van der Waals surface area contributed by atoms with Crippen LogP contribution in [0.4, 0.5) is 13.2 Å². The molecule has 1 aromatic carbocycles. The fraction of sp³-hybridized carbons (Fsp3) is 0.667. The molecule has 0 spiro atoms. The van der Waals surface area contributed by atoms with Gasteiger partial charge in [-0.05, 0) is 61.5 Å². The van der Waals surface area contributed by atoms with Crippen LogP contribution < -0.4 is 0 Å². The fourth-order valence-electron chi connectivity index (χ4n) is 3.40. The topological polar surface area (TPSA) is 0 Å². The van der Waals surface area contributed by atoms with Crippen molar-refractivity contribution >= 4 is 0 Å². The van der Waals surface area contributed by atoms with E-state index in [0.717, 1.165) is 38.5 Å². The molecule has 1 saturated carbocycles. The number of rotatable bonds is 5. The lowest BCUT2D eigenvalue weighted by Gasteiger charge is -2.29. The molecule has 1 fully saturated rings. The van der Waals surface area contributed by atoms with Gasteiger partial charge in [0.05, 0.1) is 0 Å². The first-order valence-electron chi connectivity index (χ1n) is 8.13. The third-order valence-electron chi connectivity index (χ3n) is 4.67. The van der Waals surface area contributed by atoms with Crippen molar-refractivity contribution in [2.24, 2.45) is 5.92 Å². The summed E-state index contributed by atoms with van der Waals surface area (Å²) in [4.78, 5) is 0. The summed E-state index contributed by atoms with van der Waals surface area (Å²) in [5.74, 6) is 0.810. The summed E-state index contributed by atoms with van der Waals surface area (Å²) in [6.07, 6.45) is 1.93. The molecule has 0 amide bonds. The normalized spacial score (nSPS) is 23.2. The van der Waals surface area contributed by atoms with Crippen molar-refractivity contribution in [1.29, 1.82) is 0 Å². The van der Waals surface area contributed by atoms with Crippen molar-refractivity contribution < 1.29 is 13.2 Å².